The van der Waals surface area contributed by atoms with Gasteiger partial charge in [0.1, 0.15) is 0 Å². The number of hydrogen-bond donors (Lipinski definition) is 1. The number of rotatable bonds is 12. The summed E-state index contributed by atoms with van der Waals surface area (Å²) in [6.45, 7) is 13.6. The molecular weight excluding hydrogens is 226 g/mol. The minimum absolute atomic E-state index is 0.695. The SMILES string of the molecule is COCCNCC(CCOCCC(C)C)C(C)C. The molecule has 0 radical (unpaired) electrons. The fourth-order valence-electron chi connectivity index (χ4n) is 1.79. The highest BCUT2D eigenvalue weighted by Gasteiger charge is 2.12. The predicted molar refractivity (Wildman–Crippen MR) is 78.0 cm³/mol. The van der Waals surface area contributed by atoms with E-state index in [2.05, 4.69) is 33.0 Å². The van der Waals surface area contributed by atoms with Crippen molar-refractivity contribution in [1.82, 2.24) is 5.32 Å². The third-order valence-electron chi connectivity index (χ3n) is 3.30. The molecule has 3 heteroatoms. The average Bonchev–Trinajstić information content (AvgIpc) is 2.30. The Bertz CT molecular complexity index is 172. The van der Waals surface area contributed by atoms with Crippen molar-refractivity contribution in [2.45, 2.75) is 40.5 Å². The van der Waals surface area contributed by atoms with Crippen LogP contribution in [0.4, 0.5) is 0 Å². The molecule has 0 spiro atoms. The van der Waals surface area contributed by atoms with Gasteiger partial charge in [0, 0.05) is 26.9 Å². The minimum atomic E-state index is 0.695. The Morgan fingerprint density at radius 1 is 0.944 bits per heavy atom. The fraction of sp³-hybridized carbons (Fsp3) is 1.00. The van der Waals surface area contributed by atoms with Crippen molar-refractivity contribution in [3.8, 4) is 0 Å². The third-order valence-corrected chi connectivity index (χ3v) is 3.30. The number of hydrogen-bond acceptors (Lipinski definition) is 3. The Labute approximate surface area is 114 Å². The summed E-state index contributed by atoms with van der Waals surface area (Å²) in [6.07, 6.45) is 2.31. The van der Waals surface area contributed by atoms with Crippen molar-refractivity contribution in [1.29, 1.82) is 0 Å². The van der Waals surface area contributed by atoms with Crippen LogP contribution in [0.5, 0.6) is 0 Å². The Morgan fingerprint density at radius 3 is 2.17 bits per heavy atom. The summed E-state index contributed by atoms with van der Waals surface area (Å²) in [5, 5.41) is 3.45. The van der Waals surface area contributed by atoms with Gasteiger partial charge in [-0.25, -0.2) is 0 Å². The highest BCUT2D eigenvalue weighted by atomic mass is 16.5. The first-order valence-electron chi connectivity index (χ1n) is 7.35. The van der Waals surface area contributed by atoms with Gasteiger partial charge in [0.15, 0.2) is 0 Å². The smallest absolute Gasteiger partial charge is 0.0587 e. The summed E-state index contributed by atoms with van der Waals surface area (Å²) >= 11 is 0. The van der Waals surface area contributed by atoms with E-state index in [-0.39, 0.29) is 0 Å². The van der Waals surface area contributed by atoms with E-state index in [0.29, 0.717) is 11.8 Å². The second kappa shape index (κ2) is 11.9. The lowest BCUT2D eigenvalue weighted by molar-refractivity contribution is 0.103. The summed E-state index contributed by atoms with van der Waals surface area (Å²) in [5.74, 6) is 2.14. The van der Waals surface area contributed by atoms with E-state index in [1.807, 2.05) is 0 Å². The molecule has 0 aliphatic heterocycles. The Balaban J connectivity index is 3.57. The molecule has 0 aromatic rings. The molecule has 0 saturated heterocycles. The Hall–Kier alpha value is -0.120. The summed E-state index contributed by atoms with van der Waals surface area (Å²) in [5.41, 5.74) is 0. The van der Waals surface area contributed by atoms with Crippen molar-refractivity contribution >= 4 is 0 Å². The van der Waals surface area contributed by atoms with Crippen LogP contribution < -0.4 is 5.32 Å². The van der Waals surface area contributed by atoms with Gasteiger partial charge in [-0.3, -0.25) is 0 Å². The fourth-order valence-corrected chi connectivity index (χ4v) is 1.79. The van der Waals surface area contributed by atoms with Crippen LogP contribution in [0.15, 0.2) is 0 Å². The summed E-state index contributed by atoms with van der Waals surface area (Å²) in [6, 6.07) is 0. The molecule has 0 aliphatic carbocycles. The second-order valence-electron chi connectivity index (χ2n) is 5.78. The molecule has 0 aromatic carbocycles. The van der Waals surface area contributed by atoms with Crippen LogP contribution in [0, 0.1) is 17.8 Å². The van der Waals surface area contributed by atoms with E-state index in [1.165, 1.54) is 6.42 Å². The van der Waals surface area contributed by atoms with Gasteiger partial charge in [0.25, 0.3) is 0 Å². The first-order chi connectivity index (χ1) is 8.57. The van der Waals surface area contributed by atoms with Gasteiger partial charge in [-0.05, 0) is 37.1 Å². The van der Waals surface area contributed by atoms with Crippen LogP contribution in [0.2, 0.25) is 0 Å². The maximum absolute atomic E-state index is 5.70. The molecule has 3 nitrogen and oxygen atoms in total. The molecule has 18 heavy (non-hydrogen) atoms. The summed E-state index contributed by atoms with van der Waals surface area (Å²) < 4.78 is 10.7. The Morgan fingerprint density at radius 2 is 1.61 bits per heavy atom. The lowest BCUT2D eigenvalue weighted by Gasteiger charge is -2.21. The van der Waals surface area contributed by atoms with E-state index in [4.69, 9.17) is 9.47 Å². The molecule has 1 N–H and O–H groups in total. The molecule has 0 saturated carbocycles. The maximum Gasteiger partial charge on any atom is 0.0587 e. The van der Waals surface area contributed by atoms with Crippen LogP contribution >= 0.6 is 0 Å². The monoisotopic (exact) mass is 259 g/mol. The molecule has 1 atom stereocenters. The first-order valence-corrected chi connectivity index (χ1v) is 7.35. The van der Waals surface area contributed by atoms with Gasteiger partial charge >= 0.3 is 0 Å². The largest absolute Gasteiger partial charge is 0.383 e. The second-order valence-corrected chi connectivity index (χ2v) is 5.78. The molecule has 110 valence electrons. The highest BCUT2D eigenvalue weighted by Crippen LogP contribution is 2.14. The van der Waals surface area contributed by atoms with Crippen molar-refractivity contribution in [2.24, 2.45) is 17.8 Å². The van der Waals surface area contributed by atoms with Gasteiger partial charge in [0.2, 0.25) is 0 Å². The lowest BCUT2D eigenvalue weighted by atomic mass is 9.93. The van der Waals surface area contributed by atoms with Crippen molar-refractivity contribution in [3.63, 3.8) is 0 Å². The molecule has 0 aromatic heterocycles. The van der Waals surface area contributed by atoms with E-state index in [0.717, 1.165) is 45.2 Å². The molecular formula is C15H33NO2. The zero-order chi connectivity index (χ0) is 13.8. The van der Waals surface area contributed by atoms with Crippen LogP contribution in [0.1, 0.15) is 40.5 Å². The lowest BCUT2D eigenvalue weighted by Crippen LogP contribution is -2.29. The standard InChI is InChI=1S/C15H33NO2/c1-13(2)6-9-18-10-7-15(14(3)4)12-16-8-11-17-5/h13-16H,6-12H2,1-5H3. The molecule has 0 aliphatic rings. The molecule has 0 rings (SSSR count). The van der Waals surface area contributed by atoms with Gasteiger partial charge in [-0.15, -0.1) is 0 Å². The zero-order valence-electron chi connectivity index (χ0n) is 13.0. The van der Waals surface area contributed by atoms with Crippen molar-refractivity contribution in [3.05, 3.63) is 0 Å². The number of methoxy groups -OCH3 is 1. The van der Waals surface area contributed by atoms with Crippen molar-refractivity contribution < 1.29 is 9.47 Å². The van der Waals surface area contributed by atoms with Crippen molar-refractivity contribution in [2.75, 3.05) is 40.0 Å². The highest BCUT2D eigenvalue weighted by molar-refractivity contribution is 4.66. The average molecular weight is 259 g/mol. The van der Waals surface area contributed by atoms with Crippen LogP contribution in [0.3, 0.4) is 0 Å². The summed E-state index contributed by atoms with van der Waals surface area (Å²) in [4.78, 5) is 0. The summed E-state index contributed by atoms with van der Waals surface area (Å²) in [7, 11) is 1.74. The van der Waals surface area contributed by atoms with E-state index >= 15 is 0 Å². The maximum atomic E-state index is 5.70. The predicted octanol–water partition coefficient (Wildman–Crippen LogP) is 2.95. The molecule has 0 heterocycles. The van der Waals surface area contributed by atoms with Gasteiger partial charge < -0.3 is 14.8 Å². The zero-order valence-corrected chi connectivity index (χ0v) is 13.0. The topological polar surface area (TPSA) is 30.5 Å². The normalized spacial score (nSPS) is 13.5. The number of ether oxygens (including phenoxy) is 2. The van der Waals surface area contributed by atoms with Gasteiger partial charge in [0.05, 0.1) is 6.61 Å². The van der Waals surface area contributed by atoms with Gasteiger partial charge in [-0.1, -0.05) is 27.7 Å². The molecule has 0 fully saturated rings. The minimum Gasteiger partial charge on any atom is -0.383 e. The van der Waals surface area contributed by atoms with Crippen LogP contribution in [0.25, 0.3) is 0 Å². The van der Waals surface area contributed by atoms with E-state index < -0.39 is 0 Å². The number of nitrogens with one attached hydrogen (secondary N) is 1. The molecule has 0 amide bonds. The molecule has 1 unspecified atom stereocenters. The van der Waals surface area contributed by atoms with E-state index in [9.17, 15) is 0 Å². The quantitative estimate of drug-likeness (QED) is 0.547. The third kappa shape index (κ3) is 11.0. The van der Waals surface area contributed by atoms with E-state index in [1.54, 1.807) is 7.11 Å². The Kier molecular flexibility index (Phi) is 11.9. The molecule has 0 bridgehead atoms. The van der Waals surface area contributed by atoms with Crippen LogP contribution in [-0.4, -0.2) is 40.0 Å². The van der Waals surface area contributed by atoms with Crippen LogP contribution in [-0.2, 0) is 9.47 Å². The first kappa shape index (κ1) is 17.9. The van der Waals surface area contributed by atoms with Gasteiger partial charge in [-0.2, -0.15) is 0 Å².